The van der Waals surface area contributed by atoms with Crippen LogP contribution in [0.1, 0.15) is 0 Å². The summed E-state index contributed by atoms with van der Waals surface area (Å²) >= 11 is 0. The SMILES string of the molecule is COB(O)c1cc2ccccc2c2ccccc12. The number of hydrogen-bond donors (Lipinski definition) is 1. The van der Waals surface area contributed by atoms with Crippen LogP contribution >= 0.6 is 0 Å². The standard InChI is InChI=1S/C15H13BO2/c1-18-16(17)15-10-11-6-2-3-7-12(11)13-8-4-5-9-14(13)15/h2-10,17H,1H3. The van der Waals surface area contributed by atoms with Crippen molar-refractivity contribution in [2.75, 3.05) is 7.11 Å². The molecule has 0 unspecified atom stereocenters. The third-order valence-electron chi connectivity index (χ3n) is 3.29. The van der Waals surface area contributed by atoms with Crippen LogP contribution in [-0.4, -0.2) is 19.3 Å². The molecule has 88 valence electrons. The summed E-state index contributed by atoms with van der Waals surface area (Å²) < 4.78 is 5.05. The summed E-state index contributed by atoms with van der Waals surface area (Å²) in [7, 11) is 0.619. The summed E-state index contributed by atoms with van der Waals surface area (Å²) in [6, 6.07) is 18.2. The maximum absolute atomic E-state index is 9.96. The molecule has 0 bridgehead atoms. The molecule has 0 heterocycles. The van der Waals surface area contributed by atoms with Gasteiger partial charge in [0.2, 0.25) is 0 Å². The third-order valence-corrected chi connectivity index (χ3v) is 3.29. The van der Waals surface area contributed by atoms with Gasteiger partial charge in [-0.1, -0.05) is 54.6 Å². The summed E-state index contributed by atoms with van der Waals surface area (Å²) in [5.41, 5.74) is 0.812. The highest BCUT2D eigenvalue weighted by Crippen LogP contribution is 2.23. The minimum atomic E-state index is -0.889. The molecule has 0 saturated carbocycles. The van der Waals surface area contributed by atoms with Crippen LogP contribution in [0, 0.1) is 0 Å². The van der Waals surface area contributed by atoms with Crippen LogP contribution in [0.3, 0.4) is 0 Å². The van der Waals surface area contributed by atoms with Crippen LogP contribution in [0.15, 0.2) is 54.6 Å². The van der Waals surface area contributed by atoms with E-state index in [0.717, 1.165) is 21.6 Å². The molecule has 0 atom stereocenters. The van der Waals surface area contributed by atoms with Gasteiger partial charge in [0.1, 0.15) is 0 Å². The van der Waals surface area contributed by atoms with Crippen molar-refractivity contribution >= 4 is 34.1 Å². The van der Waals surface area contributed by atoms with Crippen molar-refractivity contribution in [3.63, 3.8) is 0 Å². The minimum Gasteiger partial charge on any atom is -0.423 e. The first-order valence-electron chi connectivity index (χ1n) is 5.92. The van der Waals surface area contributed by atoms with Crippen LogP contribution in [-0.2, 0) is 4.65 Å². The molecule has 0 spiro atoms. The lowest BCUT2D eigenvalue weighted by Gasteiger charge is -2.11. The molecule has 3 heteroatoms. The van der Waals surface area contributed by atoms with E-state index in [2.05, 4.69) is 12.1 Å². The van der Waals surface area contributed by atoms with E-state index in [0.29, 0.717) is 0 Å². The van der Waals surface area contributed by atoms with Crippen molar-refractivity contribution in [3.8, 4) is 0 Å². The quantitative estimate of drug-likeness (QED) is 0.546. The van der Waals surface area contributed by atoms with E-state index in [1.165, 1.54) is 12.5 Å². The highest BCUT2D eigenvalue weighted by molar-refractivity contribution is 6.63. The molecule has 1 N–H and O–H groups in total. The van der Waals surface area contributed by atoms with Crippen molar-refractivity contribution in [2.45, 2.75) is 0 Å². The Hall–Kier alpha value is -1.84. The van der Waals surface area contributed by atoms with E-state index in [9.17, 15) is 5.02 Å². The second kappa shape index (κ2) is 4.44. The smallest absolute Gasteiger partial charge is 0.423 e. The maximum Gasteiger partial charge on any atom is 0.491 e. The normalized spacial score (nSPS) is 11.0. The topological polar surface area (TPSA) is 29.5 Å². The third kappa shape index (κ3) is 1.69. The molecule has 0 saturated heterocycles. The molecular weight excluding hydrogens is 223 g/mol. The zero-order valence-corrected chi connectivity index (χ0v) is 10.1. The molecule has 0 aliphatic carbocycles. The van der Waals surface area contributed by atoms with Gasteiger partial charge in [-0.05, 0) is 27.0 Å². The second-order valence-electron chi connectivity index (χ2n) is 4.32. The predicted molar refractivity (Wildman–Crippen MR) is 76.1 cm³/mol. The Morgan fingerprint density at radius 3 is 2.22 bits per heavy atom. The second-order valence-corrected chi connectivity index (χ2v) is 4.32. The molecule has 3 aromatic carbocycles. The zero-order chi connectivity index (χ0) is 12.5. The molecule has 0 amide bonds. The summed E-state index contributed by atoms with van der Waals surface area (Å²) in [6.07, 6.45) is 0. The molecule has 3 aromatic rings. The van der Waals surface area contributed by atoms with Gasteiger partial charge >= 0.3 is 7.12 Å². The molecule has 2 nitrogen and oxygen atoms in total. The van der Waals surface area contributed by atoms with Gasteiger partial charge in [-0.2, -0.15) is 0 Å². The van der Waals surface area contributed by atoms with Gasteiger partial charge in [-0.25, -0.2) is 0 Å². The fourth-order valence-electron chi connectivity index (χ4n) is 2.41. The van der Waals surface area contributed by atoms with Crippen molar-refractivity contribution in [3.05, 3.63) is 54.6 Å². The van der Waals surface area contributed by atoms with Crippen molar-refractivity contribution in [1.29, 1.82) is 0 Å². The Kier molecular flexibility index (Phi) is 2.78. The number of fused-ring (bicyclic) bond motifs is 3. The number of hydrogen-bond acceptors (Lipinski definition) is 2. The van der Waals surface area contributed by atoms with Crippen LogP contribution < -0.4 is 5.46 Å². The van der Waals surface area contributed by atoms with E-state index in [4.69, 9.17) is 4.65 Å². The largest absolute Gasteiger partial charge is 0.491 e. The first kappa shape index (κ1) is 11.3. The first-order chi connectivity index (χ1) is 8.81. The van der Waals surface area contributed by atoms with Gasteiger partial charge in [0.15, 0.2) is 0 Å². The van der Waals surface area contributed by atoms with Gasteiger partial charge < -0.3 is 9.68 Å². The Labute approximate surface area is 106 Å². The van der Waals surface area contributed by atoms with Gasteiger partial charge in [0.05, 0.1) is 0 Å². The Bertz CT molecular complexity index is 709. The fraction of sp³-hybridized carbons (Fsp3) is 0.0667. The average molecular weight is 236 g/mol. The van der Waals surface area contributed by atoms with Gasteiger partial charge in [0, 0.05) is 7.11 Å². The van der Waals surface area contributed by atoms with Crippen LogP contribution in [0.5, 0.6) is 0 Å². The lowest BCUT2D eigenvalue weighted by molar-refractivity contribution is 0.342. The van der Waals surface area contributed by atoms with E-state index < -0.39 is 7.12 Å². The van der Waals surface area contributed by atoms with Crippen LogP contribution in [0.4, 0.5) is 0 Å². The van der Waals surface area contributed by atoms with E-state index >= 15 is 0 Å². The summed E-state index contributed by atoms with van der Waals surface area (Å²) in [5, 5.41) is 14.4. The maximum atomic E-state index is 9.96. The molecule has 3 rings (SSSR count). The van der Waals surface area contributed by atoms with E-state index in [1.54, 1.807) is 0 Å². The summed E-state index contributed by atoms with van der Waals surface area (Å²) in [4.78, 5) is 0. The Balaban J connectivity index is 2.46. The van der Waals surface area contributed by atoms with Crippen LogP contribution in [0.2, 0.25) is 0 Å². The van der Waals surface area contributed by atoms with Gasteiger partial charge in [-0.15, -0.1) is 0 Å². The monoisotopic (exact) mass is 236 g/mol. The summed E-state index contributed by atoms with van der Waals surface area (Å²) in [5.74, 6) is 0. The molecule has 0 aliphatic heterocycles. The number of benzene rings is 3. The minimum absolute atomic E-state index is 0.812. The first-order valence-corrected chi connectivity index (χ1v) is 5.92. The predicted octanol–water partition coefficient (Wildman–Crippen LogP) is 2.33. The molecule has 0 radical (unpaired) electrons. The molecule has 18 heavy (non-hydrogen) atoms. The van der Waals surface area contributed by atoms with Crippen LogP contribution in [0.25, 0.3) is 21.5 Å². The molecule has 0 aromatic heterocycles. The highest BCUT2D eigenvalue weighted by atomic mass is 16.5. The molecule has 0 aliphatic rings. The average Bonchev–Trinajstić information content (AvgIpc) is 2.45. The van der Waals surface area contributed by atoms with Crippen molar-refractivity contribution in [2.24, 2.45) is 0 Å². The Morgan fingerprint density at radius 1 is 0.889 bits per heavy atom. The van der Waals surface area contributed by atoms with E-state index in [-0.39, 0.29) is 0 Å². The summed E-state index contributed by atoms with van der Waals surface area (Å²) in [6.45, 7) is 0. The van der Waals surface area contributed by atoms with Crippen molar-refractivity contribution < 1.29 is 9.68 Å². The fourth-order valence-corrected chi connectivity index (χ4v) is 2.41. The van der Waals surface area contributed by atoms with Crippen molar-refractivity contribution in [1.82, 2.24) is 0 Å². The molecule has 0 fully saturated rings. The molecular formula is C15H13BO2. The zero-order valence-electron chi connectivity index (χ0n) is 10.1. The van der Waals surface area contributed by atoms with E-state index in [1.807, 2.05) is 42.5 Å². The Morgan fingerprint density at radius 2 is 1.50 bits per heavy atom. The highest BCUT2D eigenvalue weighted by Gasteiger charge is 2.18. The van der Waals surface area contributed by atoms with Gasteiger partial charge in [0.25, 0.3) is 0 Å². The lowest BCUT2D eigenvalue weighted by atomic mass is 9.75. The number of rotatable bonds is 2. The lowest BCUT2D eigenvalue weighted by Crippen LogP contribution is -2.33. The van der Waals surface area contributed by atoms with Gasteiger partial charge in [-0.3, -0.25) is 0 Å².